The molecule has 5 N–H and O–H groups in total. The van der Waals surface area contributed by atoms with Crippen LogP contribution in [0.15, 0.2) is 35.4 Å². The first-order valence-corrected chi connectivity index (χ1v) is 12.5. The van der Waals surface area contributed by atoms with Gasteiger partial charge in [-0.05, 0) is 68.5 Å². The van der Waals surface area contributed by atoms with E-state index in [4.69, 9.17) is 11.7 Å². The molecule has 8 nitrogen and oxygen atoms in total. The predicted octanol–water partition coefficient (Wildman–Crippen LogP) is 3.63. The first-order valence-electron chi connectivity index (χ1n) is 11.7. The summed E-state index contributed by atoms with van der Waals surface area (Å²) < 4.78 is 17.2. The van der Waals surface area contributed by atoms with Crippen LogP contribution in [0.3, 0.4) is 0 Å². The van der Waals surface area contributed by atoms with Crippen LogP contribution < -0.4 is 17.0 Å². The Morgan fingerprint density at radius 3 is 2.76 bits per heavy atom. The number of nitrogens with two attached hydrogens (primary N) is 2. The summed E-state index contributed by atoms with van der Waals surface area (Å²) in [4.78, 5) is 17.4. The Kier molecular flexibility index (Phi) is 7.70. The number of nitrogens with one attached hydrogen (secondary N) is 1. The Labute approximate surface area is 204 Å². The van der Waals surface area contributed by atoms with Crippen molar-refractivity contribution >= 4 is 29.5 Å². The molecule has 2 heterocycles. The zero-order chi connectivity index (χ0) is 24.2. The van der Waals surface area contributed by atoms with Crippen LogP contribution in [-0.4, -0.2) is 43.9 Å². The molecule has 182 valence electrons. The lowest BCUT2D eigenvalue weighted by molar-refractivity contribution is 0.102. The van der Waals surface area contributed by atoms with Gasteiger partial charge in [0.25, 0.3) is 5.91 Å². The van der Waals surface area contributed by atoms with Crippen molar-refractivity contribution in [3.63, 3.8) is 0 Å². The predicted molar refractivity (Wildman–Crippen MR) is 134 cm³/mol. The minimum absolute atomic E-state index is 0.00835. The third-order valence-electron chi connectivity index (χ3n) is 6.25. The number of aromatic nitrogens is 1. The number of benzene rings is 1. The Morgan fingerprint density at radius 2 is 2.06 bits per heavy atom. The van der Waals surface area contributed by atoms with Crippen LogP contribution in [0.4, 0.5) is 10.2 Å². The Bertz CT molecular complexity index is 1070. The molecule has 2 aromatic rings. The molecule has 2 aliphatic rings. The number of hydrogen-bond donors (Lipinski definition) is 3. The number of fused-ring (bicyclic) bond motifs is 1. The fourth-order valence-electron chi connectivity index (χ4n) is 4.34. The number of hydrazine groups is 1. The summed E-state index contributed by atoms with van der Waals surface area (Å²) in [5.41, 5.74) is 2.38. The molecule has 4 rings (SSSR count). The molecule has 10 heteroatoms. The van der Waals surface area contributed by atoms with Gasteiger partial charge in [0, 0.05) is 24.4 Å². The lowest BCUT2D eigenvalue weighted by atomic mass is 9.97. The Hall–Kier alpha value is -2.69. The maximum absolute atomic E-state index is 14.9. The van der Waals surface area contributed by atoms with Gasteiger partial charge >= 0.3 is 0 Å². The largest absolute Gasteiger partial charge is 0.321 e. The number of pyridine rings is 1. The summed E-state index contributed by atoms with van der Waals surface area (Å²) in [5, 5.41) is 8.51. The molecule has 0 bridgehead atoms. The Morgan fingerprint density at radius 1 is 1.29 bits per heavy atom. The summed E-state index contributed by atoms with van der Waals surface area (Å²) in [6.07, 6.45) is 5.89. The van der Waals surface area contributed by atoms with Gasteiger partial charge in [-0.25, -0.2) is 19.5 Å². The molecular formula is C24H32FN7OS. The molecule has 1 aliphatic carbocycles. The van der Waals surface area contributed by atoms with E-state index in [1.54, 1.807) is 24.3 Å². The van der Waals surface area contributed by atoms with Gasteiger partial charge in [0.1, 0.15) is 17.3 Å². The minimum Gasteiger partial charge on any atom is -0.321 e. The maximum Gasteiger partial charge on any atom is 0.259 e. The number of amides is 1. The lowest BCUT2D eigenvalue weighted by Gasteiger charge is -2.30. The van der Waals surface area contributed by atoms with Gasteiger partial charge in [0.05, 0.1) is 5.56 Å². The fraction of sp³-hybridized carbons (Fsp3) is 0.458. The Balaban J connectivity index is 1.49. The van der Waals surface area contributed by atoms with Gasteiger partial charge in [-0.3, -0.25) is 9.80 Å². The molecule has 1 aliphatic heterocycles. The zero-order valence-electron chi connectivity index (χ0n) is 19.6. The summed E-state index contributed by atoms with van der Waals surface area (Å²) in [5.74, 6) is 11.0. The maximum atomic E-state index is 14.9. The van der Waals surface area contributed by atoms with E-state index in [2.05, 4.69) is 19.7 Å². The molecule has 1 aromatic carbocycles. The average molecular weight is 486 g/mol. The summed E-state index contributed by atoms with van der Waals surface area (Å²) in [6, 6.07) is 8.15. The van der Waals surface area contributed by atoms with E-state index in [0.29, 0.717) is 17.5 Å². The molecule has 0 radical (unpaired) electrons. The van der Waals surface area contributed by atoms with Crippen molar-refractivity contribution in [3.05, 3.63) is 58.5 Å². The third kappa shape index (κ3) is 5.51. The number of halogens is 1. The molecule has 1 aromatic heterocycles. The molecule has 34 heavy (non-hydrogen) atoms. The van der Waals surface area contributed by atoms with Gasteiger partial charge in [0.15, 0.2) is 5.84 Å². The zero-order valence-corrected chi connectivity index (χ0v) is 20.4. The molecule has 1 saturated carbocycles. The number of hydrogen-bond acceptors (Lipinski definition) is 7. The highest BCUT2D eigenvalue weighted by Crippen LogP contribution is 2.35. The van der Waals surface area contributed by atoms with Crippen LogP contribution in [0.5, 0.6) is 0 Å². The average Bonchev–Trinajstić information content (AvgIpc) is 3.32. The van der Waals surface area contributed by atoms with Crippen LogP contribution >= 0.6 is 11.9 Å². The SMILES string of the molecule is CC(C)N(N)/C(=N\N)c1cccc(NC(=O)c2cc3c(cc2F)CCN(SC2CCCC2)C3)n1. The highest BCUT2D eigenvalue weighted by Gasteiger charge is 2.25. The topological polar surface area (TPSA) is 113 Å². The van der Waals surface area contributed by atoms with E-state index in [1.165, 1.54) is 36.8 Å². The molecule has 0 spiro atoms. The van der Waals surface area contributed by atoms with Crippen LogP contribution in [0.1, 0.15) is 66.7 Å². The van der Waals surface area contributed by atoms with Crippen molar-refractivity contribution in [1.82, 2.24) is 14.3 Å². The molecule has 0 atom stereocenters. The minimum atomic E-state index is -0.551. The van der Waals surface area contributed by atoms with E-state index in [0.717, 1.165) is 24.1 Å². The lowest BCUT2D eigenvalue weighted by Crippen LogP contribution is -2.44. The summed E-state index contributed by atoms with van der Waals surface area (Å²) in [7, 11) is 0. The number of carbonyl (C=O) groups is 1. The van der Waals surface area contributed by atoms with Crippen molar-refractivity contribution in [2.75, 3.05) is 11.9 Å². The van der Waals surface area contributed by atoms with E-state index in [-0.39, 0.29) is 23.3 Å². The van der Waals surface area contributed by atoms with Crippen molar-refractivity contribution in [2.45, 2.75) is 63.8 Å². The van der Waals surface area contributed by atoms with Gasteiger partial charge < -0.3 is 11.2 Å². The molecule has 0 saturated heterocycles. The van der Waals surface area contributed by atoms with Gasteiger partial charge in [-0.15, -0.1) is 0 Å². The second kappa shape index (κ2) is 10.7. The summed E-state index contributed by atoms with van der Waals surface area (Å²) in [6.45, 7) is 5.39. The van der Waals surface area contributed by atoms with Gasteiger partial charge in [-0.2, -0.15) is 5.10 Å². The van der Waals surface area contributed by atoms with E-state index < -0.39 is 11.7 Å². The number of hydrazone groups is 1. The monoisotopic (exact) mass is 485 g/mol. The van der Waals surface area contributed by atoms with E-state index in [9.17, 15) is 9.18 Å². The first-order chi connectivity index (χ1) is 16.4. The second-order valence-electron chi connectivity index (χ2n) is 9.04. The molecule has 1 amide bonds. The fourth-order valence-corrected chi connectivity index (χ4v) is 5.72. The molecular weight excluding hydrogens is 453 g/mol. The normalized spacial score (nSPS) is 17.1. The molecule has 1 fully saturated rings. The van der Waals surface area contributed by atoms with E-state index in [1.807, 2.05) is 25.8 Å². The van der Waals surface area contributed by atoms with E-state index >= 15 is 0 Å². The van der Waals surface area contributed by atoms with Crippen LogP contribution in [0.25, 0.3) is 0 Å². The molecule has 0 unspecified atom stereocenters. The number of amidine groups is 1. The standard InChI is InChI=1S/C24H32FN7OS/c1-15(2)32(27)23(30-26)21-8-5-9-22(28-21)29-24(33)19-12-17-14-31(34-18-6-3-4-7-18)11-10-16(17)13-20(19)25/h5,8-9,12-13,15,18H,3-4,6-7,10-11,14,26-27H2,1-2H3,(H,28,29,33)/b30-23-. The number of carbonyl (C=O) groups excluding carboxylic acids is 1. The van der Waals surface area contributed by atoms with Crippen LogP contribution in [-0.2, 0) is 13.0 Å². The van der Waals surface area contributed by atoms with Crippen molar-refractivity contribution in [3.8, 4) is 0 Å². The second-order valence-corrected chi connectivity index (χ2v) is 10.4. The van der Waals surface area contributed by atoms with Crippen molar-refractivity contribution < 1.29 is 9.18 Å². The van der Waals surface area contributed by atoms with Crippen LogP contribution in [0.2, 0.25) is 0 Å². The highest BCUT2D eigenvalue weighted by atomic mass is 32.2. The van der Waals surface area contributed by atoms with Crippen molar-refractivity contribution in [1.29, 1.82) is 0 Å². The van der Waals surface area contributed by atoms with Gasteiger partial charge in [-0.1, -0.05) is 30.9 Å². The van der Waals surface area contributed by atoms with Gasteiger partial charge in [0.2, 0.25) is 0 Å². The number of nitrogens with zero attached hydrogens (tertiary/aromatic N) is 4. The number of anilines is 1. The van der Waals surface area contributed by atoms with Crippen molar-refractivity contribution in [2.24, 2.45) is 16.8 Å². The first kappa shape index (κ1) is 24.4. The third-order valence-corrected chi connectivity index (χ3v) is 7.63. The van der Waals surface area contributed by atoms with Crippen LogP contribution in [0, 0.1) is 5.82 Å². The quantitative estimate of drug-likeness (QED) is 0.188. The number of rotatable bonds is 6. The highest BCUT2D eigenvalue weighted by molar-refractivity contribution is 7.97. The summed E-state index contributed by atoms with van der Waals surface area (Å²) >= 11 is 1.92. The smallest absolute Gasteiger partial charge is 0.259 e.